The molecule has 1 amide bonds. The third-order valence-corrected chi connectivity index (χ3v) is 6.68. The van der Waals surface area contributed by atoms with Crippen LogP contribution in [0.3, 0.4) is 0 Å². The zero-order valence-corrected chi connectivity index (χ0v) is 19.7. The Morgan fingerprint density at radius 1 is 1.06 bits per heavy atom. The largest absolute Gasteiger partial charge is 0.497 e. The number of ether oxygens (including phenoxy) is 2. The molecule has 6 nitrogen and oxygen atoms in total. The lowest BCUT2D eigenvalue weighted by Gasteiger charge is -2.26. The minimum absolute atomic E-state index is 0.150. The van der Waals surface area contributed by atoms with Gasteiger partial charge in [-0.1, -0.05) is 43.0 Å². The van der Waals surface area contributed by atoms with Crippen LogP contribution in [-0.2, 0) is 16.2 Å². The summed E-state index contributed by atoms with van der Waals surface area (Å²) in [7, 11) is 3.32. The first-order valence-electron chi connectivity index (χ1n) is 11.9. The summed E-state index contributed by atoms with van der Waals surface area (Å²) in [6.07, 6.45) is 7.21. The van der Waals surface area contributed by atoms with Gasteiger partial charge < -0.3 is 19.2 Å². The van der Waals surface area contributed by atoms with Crippen molar-refractivity contribution < 1.29 is 19.1 Å². The van der Waals surface area contributed by atoms with E-state index in [0.29, 0.717) is 31.8 Å². The first-order valence-corrected chi connectivity index (χ1v) is 11.9. The van der Waals surface area contributed by atoms with E-state index in [9.17, 15) is 4.79 Å². The minimum Gasteiger partial charge on any atom is -0.497 e. The molecule has 1 fully saturated rings. The summed E-state index contributed by atoms with van der Waals surface area (Å²) < 4.78 is 10.6. The molecule has 4 rings (SSSR count). The van der Waals surface area contributed by atoms with E-state index in [1.54, 1.807) is 14.2 Å². The number of rotatable bonds is 10. The molecule has 176 valence electrons. The van der Waals surface area contributed by atoms with E-state index in [4.69, 9.17) is 14.3 Å². The second-order valence-corrected chi connectivity index (χ2v) is 9.01. The Hall–Kier alpha value is -3.02. The molecular formula is C27H34N2O4. The van der Waals surface area contributed by atoms with Crippen molar-refractivity contribution in [1.29, 1.82) is 0 Å². The smallest absolute Gasteiger partial charge is 0.223 e. The van der Waals surface area contributed by atoms with Gasteiger partial charge in [0.05, 0.1) is 26.5 Å². The second-order valence-electron chi connectivity index (χ2n) is 9.01. The highest BCUT2D eigenvalue weighted by molar-refractivity contribution is 6.01. The fraction of sp³-hybridized carbons (Fsp3) is 0.481. The lowest BCUT2D eigenvalue weighted by Crippen LogP contribution is -2.37. The van der Waals surface area contributed by atoms with Crippen molar-refractivity contribution in [2.24, 2.45) is 11.1 Å². The molecule has 6 heteroatoms. The Balaban J connectivity index is 1.40. The van der Waals surface area contributed by atoms with Crippen molar-refractivity contribution in [2.75, 3.05) is 20.8 Å². The SMILES string of the molecule is COc1ccc(C2=NO[C@@H](CN(Cc3cccc(OC)c3)C(=O)CCC3CCCC3)C2)cc1. The lowest BCUT2D eigenvalue weighted by atomic mass is 10.0. The minimum atomic E-state index is -0.150. The van der Waals surface area contributed by atoms with Crippen LogP contribution in [0.15, 0.2) is 53.7 Å². The molecule has 1 aliphatic carbocycles. The Bertz CT molecular complexity index is 951. The van der Waals surface area contributed by atoms with E-state index in [1.165, 1.54) is 25.7 Å². The summed E-state index contributed by atoms with van der Waals surface area (Å²) in [6, 6.07) is 15.7. The average molecular weight is 451 g/mol. The number of hydrogen-bond donors (Lipinski definition) is 0. The van der Waals surface area contributed by atoms with Gasteiger partial charge in [0.2, 0.25) is 5.91 Å². The van der Waals surface area contributed by atoms with Crippen LogP contribution < -0.4 is 9.47 Å². The van der Waals surface area contributed by atoms with Gasteiger partial charge >= 0.3 is 0 Å². The molecule has 0 saturated heterocycles. The average Bonchev–Trinajstić information content (AvgIpc) is 3.55. The quantitative estimate of drug-likeness (QED) is 0.499. The Morgan fingerprint density at radius 2 is 1.82 bits per heavy atom. The molecule has 0 N–H and O–H groups in total. The molecule has 0 radical (unpaired) electrons. The maximum absolute atomic E-state index is 13.3. The van der Waals surface area contributed by atoms with Gasteiger partial charge in [-0.15, -0.1) is 0 Å². The Morgan fingerprint density at radius 3 is 2.55 bits per heavy atom. The molecule has 1 aliphatic heterocycles. The van der Waals surface area contributed by atoms with Crippen LogP contribution in [0.5, 0.6) is 11.5 Å². The van der Waals surface area contributed by atoms with Crippen LogP contribution >= 0.6 is 0 Å². The highest BCUT2D eigenvalue weighted by Gasteiger charge is 2.27. The first kappa shape index (κ1) is 23.1. The van der Waals surface area contributed by atoms with Gasteiger partial charge in [-0.05, 0) is 59.9 Å². The number of hydrogen-bond acceptors (Lipinski definition) is 5. The molecule has 1 heterocycles. The summed E-state index contributed by atoms with van der Waals surface area (Å²) in [4.78, 5) is 20.9. The zero-order chi connectivity index (χ0) is 23.0. The molecule has 0 bridgehead atoms. The number of oxime groups is 1. The summed E-state index contributed by atoms with van der Waals surface area (Å²) in [5.41, 5.74) is 2.98. The highest BCUT2D eigenvalue weighted by Crippen LogP contribution is 2.29. The fourth-order valence-corrected chi connectivity index (χ4v) is 4.76. The summed E-state index contributed by atoms with van der Waals surface area (Å²) in [6.45, 7) is 1.06. The molecule has 0 aromatic heterocycles. The third kappa shape index (κ3) is 6.28. The molecule has 2 aromatic carbocycles. The monoisotopic (exact) mass is 450 g/mol. The standard InChI is InChI=1S/C27H34N2O4/c1-31-23-13-11-22(12-14-23)26-17-25(33-28-26)19-29(18-21-8-5-9-24(16-21)32-2)27(30)15-10-20-6-3-4-7-20/h5,8-9,11-14,16,20,25H,3-4,6-7,10,15,17-19H2,1-2H3/t25-/m1/s1. The van der Waals surface area contributed by atoms with Gasteiger partial charge in [-0.2, -0.15) is 0 Å². The fourth-order valence-electron chi connectivity index (χ4n) is 4.76. The van der Waals surface area contributed by atoms with Gasteiger partial charge in [0, 0.05) is 19.4 Å². The van der Waals surface area contributed by atoms with Gasteiger partial charge in [0.25, 0.3) is 0 Å². The first-order chi connectivity index (χ1) is 16.1. The highest BCUT2D eigenvalue weighted by atomic mass is 16.6. The molecule has 2 aliphatic rings. The van der Waals surface area contributed by atoms with E-state index < -0.39 is 0 Å². The molecule has 1 saturated carbocycles. The molecule has 33 heavy (non-hydrogen) atoms. The molecule has 0 unspecified atom stereocenters. The van der Waals surface area contributed by atoms with Crippen molar-refractivity contribution in [3.63, 3.8) is 0 Å². The third-order valence-electron chi connectivity index (χ3n) is 6.68. The number of carbonyl (C=O) groups excluding carboxylic acids is 1. The molecule has 2 aromatic rings. The van der Waals surface area contributed by atoms with Crippen LogP contribution in [0.25, 0.3) is 0 Å². The van der Waals surface area contributed by atoms with E-state index in [-0.39, 0.29) is 12.0 Å². The zero-order valence-electron chi connectivity index (χ0n) is 19.7. The Kier molecular flexibility index (Phi) is 7.87. The van der Waals surface area contributed by atoms with Gasteiger partial charge in [-0.25, -0.2) is 0 Å². The summed E-state index contributed by atoms with van der Waals surface area (Å²) >= 11 is 0. The van der Waals surface area contributed by atoms with Crippen molar-refractivity contribution in [2.45, 2.75) is 57.6 Å². The van der Waals surface area contributed by atoms with E-state index in [2.05, 4.69) is 5.16 Å². The number of carbonyl (C=O) groups is 1. The van der Waals surface area contributed by atoms with Gasteiger partial charge in [-0.3, -0.25) is 4.79 Å². The van der Waals surface area contributed by atoms with Crippen molar-refractivity contribution in [3.8, 4) is 11.5 Å². The van der Waals surface area contributed by atoms with Crippen LogP contribution in [0, 0.1) is 5.92 Å². The Labute approximate surface area is 196 Å². The lowest BCUT2D eigenvalue weighted by molar-refractivity contribution is -0.134. The normalized spacial score (nSPS) is 18.0. The van der Waals surface area contributed by atoms with Crippen molar-refractivity contribution in [1.82, 2.24) is 4.90 Å². The van der Waals surface area contributed by atoms with Gasteiger partial charge in [0.15, 0.2) is 6.10 Å². The van der Waals surface area contributed by atoms with E-state index in [1.807, 2.05) is 53.4 Å². The molecule has 0 spiro atoms. The second kappa shape index (κ2) is 11.2. The number of nitrogens with zero attached hydrogens (tertiary/aromatic N) is 2. The van der Waals surface area contributed by atoms with Crippen LogP contribution in [0.1, 0.15) is 56.1 Å². The number of amides is 1. The van der Waals surface area contributed by atoms with Gasteiger partial charge in [0.1, 0.15) is 11.5 Å². The maximum Gasteiger partial charge on any atom is 0.223 e. The van der Waals surface area contributed by atoms with Crippen LogP contribution in [0.4, 0.5) is 0 Å². The predicted molar refractivity (Wildman–Crippen MR) is 129 cm³/mol. The topological polar surface area (TPSA) is 60.4 Å². The molecule has 1 atom stereocenters. The van der Waals surface area contributed by atoms with Crippen molar-refractivity contribution >= 4 is 11.6 Å². The predicted octanol–water partition coefficient (Wildman–Crippen LogP) is 5.20. The van der Waals surface area contributed by atoms with E-state index in [0.717, 1.165) is 34.8 Å². The maximum atomic E-state index is 13.3. The summed E-state index contributed by atoms with van der Waals surface area (Å²) in [5.74, 6) is 2.49. The van der Waals surface area contributed by atoms with E-state index >= 15 is 0 Å². The molecular weight excluding hydrogens is 416 g/mol. The summed E-state index contributed by atoms with van der Waals surface area (Å²) in [5, 5.41) is 4.32. The van der Waals surface area contributed by atoms with Crippen LogP contribution in [0.2, 0.25) is 0 Å². The van der Waals surface area contributed by atoms with Crippen molar-refractivity contribution in [3.05, 3.63) is 59.7 Å². The number of methoxy groups -OCH3 is 2. The van der Waals surface area contributed by atoms with Crippen LogP contribution in [-0.4, -0.2) is 43.4 Å². The number of benzene rings is 2.